The minimum absolute atomic E-state index is 0.0798. The van der Waals surface area contributed by atoms with Crippen LogP contribution >= 0.6 is 12.9 Å². The minimum atomic E-state index is -0.528. The molecule has 0 spiro atoms. The van der Waals surface area contributed by atoms with Gasteiger partial charge in [0.25, 0.3) is 0 Å². The Kier molecular flexibility index (Phi) is 5.08. The number of likely N-dealkylation sites (N-methyl/N-ethyl adjacent to an activating group) is 1. The van der Waals surface area contributed by atoms with Crippen molar-refractivity contribution in [2.24, 2.45) is 0 Å². The summed E-state index contributed by atoms with van der Waals surface area (Å²) in [6.07, 6.45) is 3.56. The van der Waals surface area contributed by atoms with E-state index in [9.17, 15) is 9.59 Å². The second kappa shape index (κ2) is 6.10. The Morgan fingerprint density at radius 2 is 1.81 bits per heavy atom. The summed E-state index contributed by atoms with van der Waals surface area (Å²) in [5.41, 5.74) is 0. The predicted octanol–water partition coefficient (Wildman–Crippen LogP) is 0.363. The molecule has 0 atom stereocenters. The van der Waals surface area contributed by atoms with E-state index in [-0.39, 0.29) is 12.1 Å². The molecule has 0 aromatic rings. The van der Waals surface area contributed by atoms with E-state index in [2.05, 4.69) is 18.2 Å². The van der Waals surface area contributed by atoms with Crippen molar-refractivity contribution in [1.29, 1.82) is 0 Å². The Morgan fingerprint density at radius 3 is 2.25 bits per heavy atom. The molecule has 1 fully saturated rings. The SMILES string of the molecule is CN(C)C(=O)C(=O)NC1CCC(OS)CC1. The van der Waals surface area contributed by atoms with Gasteiger partial charge >= 0.3 is 11.8 Å². The van der Waals surface area contributed by atoms with Gasteiger partial charge in [0.2, 0.25) is 0 Å². The van der Waals surface area contributed by atoms with Gasteiger partial charge in [-0.15, -0.1) is 0 Å². The lowest BCUT2D eigenvalue weighted by atomic mass is 9.93. The summed E-state index contributed by atoms with van der Waals surface area (Å²) >= 11 is 3.77. The molecular weight excluding hydrogens is 228 g/mol. The summed E-state index contributed by atoms with van der Waals surface area (Å²) in [5, 5.41) is 2.73. The lowest BCUT2D eigenvalue weighted by Gasteiger charge is -2.27. The number of nitrogens with one attached hydrogen (secondary N) is 1. The lowest BCUT2D eigenvalue weighted by molar-refractivity contribution is -0.144. The fourth-order valence-corrected chi connectivity index (χ4v) is 1.97. The van der Waals surface area contributed by atoms with Crippen molar-refractivity contribution in [3.8, 4) is 0 Å². The van der Waals surface area contributed by atoms with Gasteiger partial charge < -0.3 is 14.4 Å². The van der Waals surface area contributed by atoms with E-state index >= 15 is 0 Å². The summed E-state index contributed by atoms with van der Waals surface area (Å²) in [5.74, 6) is -1.03. The van der Waals surface area contributed by atoms with Gasteiger partial charge in [0.05, 0.1) is 6.10 Å². The van der Waals surface area contributed by atoms with Gasteiger partial charge in [-0.2, -0.15) is 0 Å². The Balaban J connectivity index is 2.34. The molecule has 0 aromatic heterocycles. The fourth-order valence-electron chi connectivity index (χ4n) is 1.76. The highest BCUT2D eigenvalue weighted by Gasteiger charge is 2.25. The molecule has 6 heteroatoms. The van der Waals surface area contributed by atoms with Crippen molar-refractivity contribution >= 4 is 24.7 Å². The summed E-state index contributed by atoms with van der Waals surface area (Å²) in [4.78, 5) is 24.0. The number of hydrogen-bond donors (Lipinski definition) is 2. The van der Waals surface area contributed by atoms with Crippen LogP contribution in [0.1, 0.15) is 25.7 Å². The molecule has 1 aliphatic carbocycles. The van der Waals surface area contributed by atoms with E-state index in [1.807, 2.05) is 0 Å². The van der Waals surface area contributed by atoms with E-state index in [1.54, 1.807) is 14.1 Å². The second-order valence-electron chi connectivity index (χ2n) is 4.25. The van der Waals surface area contributed by atoms with Gasteiger partial charge in [0.15, 0.2) is 0 Å². The first-order valence-corrected chi connectivity index (χ1v) is 5.73. The number of hydrogen-bond acceptors (Lipinski definition) is 4. The third kappa shape index (κ3) is 3.68. The third-order valence-electron chi connectivity index (χ3n) is 2.76. The van der Waals surface area contributed by atoms with Crippen LogP contribution in [0, 0.1) is 0 Å². The first-order chi connectivity index (χ1) is 7.54. The molecule has 0 saturated heterocycles. The summed E-state index contributed by atoms with van der Waals surface area (Å²) in [6, 6.07) is 0.0798. The van der Waals surface area contributed by atoms with E-state index in [1.165, 1.54) is 4.90 Å². The summed E-state index contributed by atoms with van der Waals surface area (Å²) in [6.45, 7) is 0. The fraction of sp³-hybridized carbons (Fsp3) is 0.800. The van der Waals surface area contributed by atoms with E-state index in [4.69, 9.17) is 4.18 Å². The van der Waals surface area contributed by atoms with Crippen LogP contribution in [-0.4, -0.2) is 43.0 Å². The summed E-state index contributed by atoms with van der Waals surface area (Å²) < 4.78 is 4.94. The van der Waals surface area contributed by atoms with Crippen molar-refractivity contribution in [3.63, 3.8) is 0 Å². The molecule has 1 N–H and O–H groups in total. The van der Waals surface area contributed by atoms with E-state index in [0.29, 0.717) is 0 Å². The molecule has 16 heavy (non-hydrogen) atoms. The van der Waals surface area contributed by atoms with Gasteiger partial charge in [-0.1, -0.05) is 0 Å². The zero-order valence-electron chi connectivity index (χ0n) is 9.60. The topological polar surface area (TPSA) is 58.6 Å². The van der Waals surface area contributed by atoms with Crippen molar-refractivity contribution < 1.29 is 13.8 Å². The van der Waals surface area contributed by atoms with Crippen molar-refractivity contribution in [3.05, 3.63) is 0 Å². The average molecular weight is 246 g/mol. The first-order valence-electron chi connectivity index (χ1n) is 5.37. The maximum absolute atomic E-state index is 11.5. The highest BCUT2D eigenvalue weighted by Crippen LogP contribution is 2.21. The predicted molar refractivity (Wildman–Crippen MR) is 63.0 cm³/mol. The number of carbonyl (C=O) groups is 2. The standard InChI is InChI=1S/C10H18N2O3S/c1-12(2)10(14)9(13)11-7-3-5-8(15-16)6-4-7/h7-8,16H,3-6H2,1-2H3,(H,11,13). The molecule has 0 unspecified atom stereocenters. The minimum Gasteiger partial charge on any atom is -0.345 e. The molecular formula is C10H18N2O3S. The number of thiol groups is 1. The Morgan fingerprint density at radius 1 is 1.25 bits per heavy atom. The first kappa shape index (κ1) is 13.3. The highest BCUT2D eigenvalue weighted by atomic mass is 32.1. The van der Waals surface area contributed by atoms with E-state index < -0.39 is 11.8 Å². The monoisotopic (exact) mass is 246 g/mol. The van der Waals surface area contributed by atoms with Gasteiger partial charge in [0.1, 0.15) is 0 Å². The molecule has 0 aromatic carbocycles. The maximum atomic E-state index is 11.5. The van der Waals surface area contributed by atoms with Crippen LogP contribution in [0.3, 0.4) is 0 Å². The van der Waals surface area contributed by atoms with Crippen LogP contribution in [0.15, 0.2) is 0 Å². The molecule has 0 radical (unpaired) electrons. The second-order valence-corrected chi connectivity index (χ2v) is 4.46. The number of carbonyl (C=O) groups excluding carboxylic acids is 2. The molecule has 0 aliphatic heterocycles. The lowest BCUT2D eigenvalue weighted by Crippen LogP contribution is -2.45. The normalized spacial score (nSPS) is 24.9. The molecule has 1 aliphatic rings. The van der Waals surface area contributed by atoms with Crippen molar-refractivity contribution in [2.45, 2.75) is 37.8 Å². The van der Waals surface area contributed by atoms with Crippen LogP contribution in [-0.2, 0) is 13.8 Å². The molecule has 92 valence electrons. The number of nitrogens with zero attached hydrogens (tertiary/aromatic N) is 1. The van der Waals surface area contributed by atoms with Crippen LogP contribution in [0.2, 0.25) is 0 Å². The molecule has 2 amide bonds. The van der Waals surface area contributed by atoms with Crippen LogP contribution < -0.4 is 5.32 Å². The van der Waals surface area contributed by atoms with Gasteiger partial charge in [-0.25, -0.2) is 0 Å². The quantitative estimate of drug-likeness (QED) is 0.420. The third-order valence-corrected chi connectivity index (χ3v) is 3.06. The van der Waals surface area contributed by atoms with E-state index in [0.717, 1.165) is 25.7 Å². The Bertz CT molecular complexity index is 263. The maximum Gasteiger partial charge on any atom is 0.311 e. The van der Waals surface area contributed by atoms with Gasteiger partial charge in [-0.05, 0) is 38.6 Å². The zero-order chi connectivity index (χ0) is 12.1. The van der Waals surface area contributed by atoms with Crippen LogP contribution in [0.5, 0.6) is 0 Å². The highest BCUT2D eigenvalue weighted by molar-refractivity contribution is 7.75. The Labute approximate surface area is 101 Å². The van der Waals surface area contributed by atoms with Crippen LogP contribution in [0.25, 0.3) is 0 Å². The van der Waals surface area contributed by atoms with Crippen molar-refractivity contribution in [1.82, 2.24) is 10.2 Å². The molecule has 1 saturated carbocycles. The smallest absolute Gasteiger partial charge is 0.311 e. The largest absolute Gasteiger partial charge is 0.345 e. The summed E-state index contributed by atoms with van der Waals surface area (Å²) in [7, 11) is 3.13. The average Bonchev–Trinajstić information content (AvgIpc) is 2.28. The van der Waals surface area contributed by atoms with Crippen molar-refractivity contribution in [2.75, 3.05) is 14.1 Å². The van der Waals surface area contributed by atoms with Gasteiger partial charge in [-0.3, -0.25) is 9.59 Å². The zero-order valence-corrected chi connectivity index (χ0v) is 10.5. The molecule has 0 heterocycles. The number of rotatable bonds is 2. The van der Waals surface area contributed by atoms with Gasteiger partial charge in [0, 0.05) is 20.1 Å². The van der Waals surface area contributed by atoms with Crippen LogP contribution in [0.4, 0.5) is 0 Å². The number of amides is 2. The molecule has 1 rings (SSSR count). The molecule has 0 bridgehead atoms. The Hall–Kier alpha value is -0.750. The molecule has 5 nitrogen and oxygen atoms in total.